The number of anilines is 1. The number of aromatic nitrogens is 3. The minimum Gasteiger partial charge on any atom is -0.391 e. The predicted molar refractivity (Wildman–Crippen MR) is 147 cm³/mol. The third kappa shape index (κ3) is 4.18. The van der Waals surface area contributed by atoms with Crippen LogP contribution in [0.25, 0.3) is 16.9 Å². The van der Waals surface area contributed by atoms with Crippen LogP contribution in [0.2, 0.25) is 0 Å². The van der Waals surface area contributed by atoms with Crippen molar-refractivity contribution in [2.75, 3.05) is 24.5 Å². The number of carbonyl (C=O) groups is 1. The fourth-order valence-electron chi connectivity index (χ4n) is 6.17. The number of hydrogen-bond acceptors (Lipinski definition) is 5. The molecule has 2 aromatic carbocycles. The molecule has 1 N–H and O–H groups in total. The van der Waals surface area contributed by atoms with E-state index < -0.39 is 6.10 Å². The number of amides is 1. The van der Waals surface area contributed by atoms with Gasteiger partial charge >= 0.3 is 0 Å². The molecule has 0 radical (unpaired) electrons. The molecule has 4 heterocycles. The Hall–Kier alpha value is -3.78. The molecular formula is C31H32FN5O2. The number of nitrogens with zero attached hydrogens (tertiary/aromatic N) is 5. The van der Waals surface area contributed by atoms with E-state index in [9.17, 15) is 9.90 Å². The molecule has 1 aliphatic carbocycles. The number of halogens is 1. The molecule has 4 aromatic rings. The molecule has 39 heavy (non-hydrogen) atoms. The molecule has 0 spiro atoms. The van der Waals surface area contributed by atoms with Gasteiger partial charge in [-0.05, 0) is 61.6 Å². The molecule has 3 aliphatic rings. The molecule has 1 saturated carbocycles. The van der Waals surface area contributed by atoms with Crippen LogP contribution in [0.15, 0.2) is 54.6 Å². The summed E-state index contributed by atoms with van der Waals surface area (Å²) in [6, 6.07) is 17.1. The van der Waals surface area contributed by atoms with E-state index in [0.29, 0.717) is 48.2 Å². The van der Waals surface area contributed by atoms with Gasteiger partial charge in [-0.3, -0.25) is 4.79 Å². The molecule has 1 saturated heterocycles. The van der Waals surface area contributed by atoms with Gasteiger partial charge in [0.2, 0.25) is 0 Å². The van der Waals surface area contributed by atoms with Crippen LogP contribution in [0.5, 0.6) is 0 Å². The van der Waals surface area contributed by atoms with E-state index in [-0.39, 0.29) is 23.7 Å². The fraction of sp³-hybridized carbons (Fsp3) is 0.387. The molecule has 1 amide bonds. The van der Waals surface area contributed by atoms with Gasteiger partial charge in [0.1, 0.15) is 11.5 Å². The van der Waals surface area contributed by atoms with Crippen molar-refractivity contribution < 1.29 is 14.3 Å². The first-order chi connectivity index (χ1) is 18.9. The molecule has 200 valence electrons. The number of fused-ring (bicyclic) bond motifs is 2. The topological polar surface area (TPSA) is 74.0 Å². The molecule has 7 nitrogen and oxygen atoms in total. The average Bonchev–Trinajstić information content (AvgIpc) is 3.61. The highest BCUT2D eigenvalue weighted by Gasteiger charge is 2.33. The van der Waals surface area contributed by atoms with Crippen molar-refractivity contribution in [3.8, 4) is 11.3 Å². The smallest absolute Gasteiger partial charge is 0.273 e. The highest BCUT2D eigenvalue weighted by atomic mass is 19.1. The fourth-order valence-corrected chi connectivity index (χ4v) is 6.17. The highest BCUT2D eigenvalue weighted by molar-refractivity contribution is 5.93. The Labute approximate surface area is 226 Å². The monoisotopic (exact) mass is 525 g/mol. The van der Waals surface area contributed by atoms with E-state index in [1.54, 1.807) is 16.6 Å². The van der Waals surface area contributed by atoms with Crippen molar-refractivity contribution in [2.24, 2.45) is 5.92 Å². The van der Waals surface area contributed by atoms with Gasteiger partial charge in [0.15, 0.2) is 5.65 Å². The summed E-state index contributed by atoms with van der Waals surface area (Å²) in [5.74, 6) is 0.0273. The van der Waals surface area contributed by atoms with E-state index in [0.717, 1.165) is 30.6 Å². The summed E-state index contributed by atoms with van der Waals surface area (Å²) in [5.41, 5.74) is 6.05. The number of aliphatic hydroxyl groups is 1. The minimum absolute atomic E-state index is 0.0300. The standard InChI is InChI=1S/C31H32FN5O2/c1-18-16-35(17-29(18)38)22-9-10-24(25(32)13-22)26-15-30-33-27(14-28(21-7-8-21)37(30)34-26)31(39)36-12-11-20-5-3-4-6-23(20)19(36)2/h3-6,9-10,13-15,18-19,21,29,38H,7-8,11-12,16-17H2,1-2H3/t18?,19-,29?/m1/s1. The van der Waals surface area contributed by atoms with Crippen LogP contribution in [0.4, 0.5) is 10.1 Å². The summed E-state index contributed by atoms with van der Waals surface area (Å²) < 4.78 is 17.2. The lowest BCUT2D eigenvalue weighted by molar-refractivity contribution is 0.0671. The SMILES string of the molecule is CC1CN(c2ccc(-c3cc4nc(C(=O)N5CCc6ccccc6[C@H]5C)cc(C5CC5)n4n3)c(F)c2)CC1O. The van der Waals surface area contributed by atoms with E-state index in [4.69, 9.17) is 10.1 Å². The van der Waals surface area contributed by atoms with Crippen LogP contribution < -0.4 is 4.90 Å². The van der Waals surface area contributed by atoms with Gasteiger partial charge in [-0.25, -0.2) is 13.9 Å². The zero-order chi connectivity index (χ0) is 26.8. The first kappa shape index (κ1) is 24.3. The molecule has 2 fully saturated rings. The minimum atomic E-state index is -0.405. The summed E-state index contributed by atoms with van der Waals surface area (Å²) in [6.07, 6.45) is 2.50. The second-order valence-corrected chi connectivity index (χ2v) is 11.4. The van der Waals surface area contributed by atoms with Crippen LogP contribution in [0, 0.1) is 11.7 Å². The largest absolute Gasteiger partial charge is 0.391 e. The quantitative estimate of drug-likeness (QED) is 0.407. The number of benzene rings is 2. The van der Waals surface area contributed by atoms with Gasteiger partial charge in [-0.1, -0.05) is 31.2 Å². The molecule has 7 rings (SSSR count). The maximum Gasteiger partial charge on any atom is 0.273 e. The number of carbonyl (C=O) groups excluding carboxylic acids is 1. The van der Waals surface area contributed by atoms with Gasteiger partial charge in [0, 0.05) is 54.5 Å². The third-order valence-electron chi connectivity index (χ3n) is 8.69. The van der Waals surface area contributed by atoms with Crippen molar-refractivity contribution in [3.05, 3.63) is 82.9 Å². The number of β-amino-alcohol motifs (C(OH)–C–C–N with tert-alkyl or cyclic N) is 1. The summed E-state index contributed by atoms with van der Waals surface area (Å²) in [5, 5.41) is 14.9. The van der Waals surface area contributed by atoms with Crippen molar-refractivity contribution >= 4 is 17.2 Å². The summed E-state index contributed by atoms with van der Waals surface area (Å²) in [7, 11) is 0. The Kier molecular flexibility index (Phi) is 5.70. The molecule has 8 heteroatoms. The number of hydrogen-bond donors (Lipinski definition) is 1. The molecule has 0 bridgehead atoms. The van der Waals surface area contributed by atoms with Crippen LogP contribution in [0.3, 0.4) is 0 Å². The van der Waals surface area contributed by atoms with Crippen molar-refractivity contribution in [3.63, 3.8) is 0 Å². The van der Waals surface area contributed by atoms with Gasteiger partial charge < -0.3 is 14.9 Å². The summed E-state index contributed by atoms with van der Waals surface area (Å²) in [6.45, 7) is 5.92. The summed E-state index contributed by atoms with van der Waals surface area (Å²) in [4.78, 5) is 22.4. The van der Waals surface area contributed by atoms with Crippen LogP contribution in [-0.4, -0.2) is 56.2 Å². The van der Waals surface area contributed by atoms with Gasteiger partial charge in [0.05, 0.1) is 17.8 Å². The Balaban J connectivity index is 1.22. The van der Waals surface area contributed by atoms with E-state index in [1.807, 2.05) is 41.0 Å². The van der Waals surface area contributed by atoms with Crippen LogP contribution >= 0.6 is 0 Å². The van der Waals surface area contributed by atoms with E-state index in [2.05, 4.69) is 19.1 Å². The summed E-state index contributed by atoms with van der Waals surface area (Å²) >= 11 is 0. The van der Waals surface area contributed by atoms with Gasteiger partial charge in [-0.2, -0.15) is 5.10 Å². The molecule has 2 aromatic heterocycles. The second kappa shape index (κ2) is 9.16. The predicted octanol–water partition coefficient (Wildman–Crippen LogP) is 4.99. The average molecular weight is 526 g/mol. The first-order valence-corrected chi connectivity index (χ1v) is 13.9. The molecule has 2 unspecified atom stereocenters. The third-order valence-corrected chi connectivity index (χ3v) is 8.69. The first-order valence-electron chi connectivity index (χ1n) is 13.9. The van der Waals surface area contributed by atoms with Crippen molar-refractivity contribution in [2.45, 2.75) is 51.2 Å². The van der Waals surface area contributed by atoms with Gasteiger partial charge in [0.25, 0.3) is 5.91 Å². The number of rotatable bonds is 4. The Morgan fingerprint density at radius 3 is 2.62 bits per heavy atom. The zero-order valence-corrected chi connectivity index (χ0v) is 22.2. The Bertz CT molecular complexity index is 1590. The maximum absolute atomic E-state index is 15.4. The Morgan fingerprint density at radius 1 is 1.05 bits per heavy atom. The number of aliphatic hydroxyl groups excluding tert-OH is 1. The zero-order valence-electron chi connectivity index (χ0n) is 22.2. The van der Waals surface area contributed by atoms with Crippen molar-refractivity contribution in [1.82, 2.24) is 19.5 Å². The molecule has 2 aliphatic heterocycles. The Morgan fingerprint density at radius 2 is 1.87 bits per heavy atom. The van der Waals surface area contributed by atoms with E-state index >= 15 is 4.39 Å². The lowest BCUT2D eigenvalue weighted by atomic mass is 9.93. The maximum atomic E-state index is 15.4. The van der Waals surface area contributed by atoms with E-state index in [1.165, 1.54) is 17.2 Å². The highest BCUT2D eigenvalue weighted by Crippen LogP contribution is 2.41. The van der Waals surface area contributed by atoms with Gasteiger partial charge in [-0.15, -0.1) is 0 Å². The second-order valence-electron chi connectivity index (χ2n) is 11.4. The molecule has 3 atom stereocenters. The molecular weight excluding hydrogens is 493 g/mol. The lowest BCUT2D eigenvalue weighted by Crippen LogP contribution is -2.39. The normalized spacial score (nSPS) is 22.9. The lowest BCUT2D eigenvalue weighted by Gasteiger charge is -2.35. The van der Waals surface area contributed by atoms with Crippen molar-refractivity contribution in [1.29, 1.82) is 0 Å². The van der Waals surface area contributed by atoms with Crippen LogP contribution in [-0.2, 0) is 6.42 Å². The van der Waals surface area contributed by atoms with Crippen LogP contribution in [0.1, 0.15) is 66.0 Å².